The van der Waals surface area contributed by atoms with Gasteiger partial charge in [-0.3, -0.25) is 14.5 Å². The number of nitrogens with one attached hydrogen (secondary N) is 2. The summed E-state index contributed by atoms with van der Waals surface area (Å²) in [5.74, 6) is -0.836. The number of carbonyl (C=O) groups is 3. The predicted octanol–water partition coefficient (Wildman–Crippen LogP) is 3.53. The van der Waals surface area contributed by atoms with E-state index in [2.05, 4.69) is 10.6 Å². The van der Waals surface area contributed by atoms with Gasteiger partial charge in [-0.1, -0.05) is 41.9 Å². The van der Waals surface area contributed by atoms with E-state index in [0.29, 0.717) is 23.6 Å². The van der Waals surface area contributed by atoms with Crippen LogP contribution in [0.4, 0.5) is 10.5 Å². The van der Waals surface area contributed by atoms with Gasteiger partial charge in [0.25, 0.3) is 5.91 Å². The van der Waals surface area contributed by atoms with Crippen molar-refractivity contribution in [2.24, 2.45) is 0 Å². The smallest absolute Gasteiger partial charge is 0.324 e. The molecule has 1 fully saturated rings. The summed E-state index contributed by atoms with van der Waals surface area (Å²) in [6.07, 6.45) is 1.10. The fourth-order valence-electron chi connectivity index (χ4n) is 3.20. The molecule has 0 saturated carbocycles. The molecule has 7 heteroatoms. The predicted molar refractivity (Wildman–Crippen MR) is 108 cm³/mol. The highest BCUT2D eigenvalue weighted by Crippen LogP contribution is 2.24. The van der Waals surface area contributed by atoms with Crippen molar-refractivity contribution in [1.29, 1.82) is 0 Å². The van der Waals surface area contributed by atoms with Crippen molar-refractivity contribution in [1.82, 2.24) is 10.2 Å². The normalized spacial score (nSPS) is 18.9. The van der Waals surface area contributed by atoms with Crippen LogP contribution in [0, 0.1) is 6.92 Å². The summed E-state index contributed by atoms with van der Waals surface area (Å²) < 4.78 is 0. The topological polar surface area (TPSA) is 78.5 Å². The number of amides is 4. The average molecular weight is 400 g/mol. The van der Waals surface area contributed by atoms with Crippen LogP contribution in [0.5, 0.6) is 0 Å². The number of imide groups is 1. The number of aryl methyl sites for hydroxylation is 2. The molecule has 1 heterocycles. The first kappa shape index (κ1) is 19.9. The van der Waals surface area contributed by atoms with E-state index >= 15 is 0 Å². The molecular weight excluding hydrogens is 378 g/mol. The van der Waals surface area contributed by atoms with E-state index in [0.717, 1.165) is 16.0 Å². The Morgan fingerprint density at radius 2 is 1.89 bits per heavy atom. The fourth-order valence-corrected chi connectivity index (χ4v) is 3.43. The van der Waals surface area contributed by atoms with Crippen molar-refractivity contribution in [3.8, 4) is 0 Å². The van der Waals surface area contributed by atoms with E-state index < -0.39 is 23.4 Å². The van der Waals surface area contributed by atoms with Gasteiger partial charge in [0, 0.05) is 10.7 Å². The van der Waals surface area contributed by atoms with Crippen LogP contribution < -0.4 is 10.6 Å². The standard InChI is InChI=1S/C21H22ClN3O3/c1-14-12-16(22)8-9-17(14)23-18(26)13-25-19(27)21(2,24-20(25)28)11-10-15-6-4-3-5-7-15/h3-9,12H,10-11,13H2,1-2H3,(H,23,26)(H,24,28). The molecule has 0 aromatic heterocycles. The van der Waals surface area contributed by atoms with E-state index in [4.69, 9.17) is 11.6 Å². The Bertz CT molecular complexity index is 916. The first-order valence-corrected chi connectivity index (χ1v) is 9.40. The quantitative estimate of drug-likeness (QED) is 0.729. The number of hydrogen-bond acceptors (Lipinski definition) is 3. The van der Waals surface area contributed by atoms with Crippen LogP contribution in [0.25, 0.3) is 0 Å². The lowest BCUT2D eigenvalue weighted by molar-refractivity contribution is -0.133. The van der Waals surface area contributed by atoms with E-state index in [1.54, 1.807) is 25.1 Å². The van der Waals surface area contributed by atoms with Gasteiger partial charge in [0.2, 0.25) is 5.91 Å². The molecular formula is C21H22ClN3O3. The third-order valence-electron chi connectivity index (χ3n) is 4.87. The Morgan fingerprint density at radius 3 is 2.57 bits per heavy atom. The summed E-state index contributed by atoms with van der Waals surface area (Å²) in [4.78, 5) is 38.4. The lowest BCUT2D eigenvalue weighted by Crippen LogP contribution is -2.45. The molecule has 146 valence electrons. The molecule has 0 spiro atoms. The summed E-state index contributed by atoms with van der Waals surface area (Å²) in [7, 11) is 0. The number of carbonyl (C=O) groups excluding carboxylic acids is 3. The highest BCUT2D eigenvalue weighted by Gasteiger charge is 2.47. The molecule has 28 heavy (non-hydrogen) atoms. The molecule has 0 bridgehead atoms. The second-order valence-corrected chi connectivity index (χ2v) is 7.58. The van der Waals surface area contributed by atoms with Gasteiger partial charge in [0.05, 0.1) is 0 Å². The number of anilines is 1. The second kappa shape index (κ2) is 8.02. The van der Waals surface area contributed by atoms with Gasteiger partial charge in [0.15, 0.2) is 0 Å². The zero-order valence-electron chi connectivity index (χ0n) is 15.8. The van der Waals surface area contributed by atoms with Gasteiger partial charge in [0.1, 0.15) is 12.1 Å². The summed E-state index contributed by atoms with van der Waals surface area (Å²) in [5.41, 5.74) is 1.45. The number of rotatable bonds is 6. The molecule has 6 nitrogen and oxygen atoms in total. The Balaban J connectivity index is 1.63. The molecule has 2 N–H and O–H groups in total. The van der Waals surface area contributed by atoms with Crippen LogP contribution in [-0.4, -0.2) is 34.8 Å². The van der Waals surface area contributed by atoms with Crippen molar-refractivity contribution in [2.45, 2.75) is 32.2 Å². The third-order valence-corrected chi connectivity index (χ3v) is 5.10. The molecule has 3 rings (SSSR count). The molecule has 0 radical (unpaired) electrons. The van der Waals surface area contributed by atoms with Crippen molar-refractivity contribution < 1.29 is 14.4 Å². The van der Waals surface area contributed by atoms with E-state index in [1.807, 2.05) is 37.3 Å². The minimum Gasteiger partial charge on any atom is -0.324 e. The van der Waals surface area contributed by atoms with Gasteiger partial charge < -0.3 is 10.6 Å². The lowest BCUT2D eigenvalue weighted by atomic mass is 9.93. The highest BCUT2D eigenvalue weighted by molar-refractivity contribution is 6.30. The lowest BCUT2D eigenvalue weighted by Gasteiger charge is -2.21. The summed E-state index contributed by atoms with van der Waals surface area (Å²) in [6.45, 7) is 3.17. The second-order valence-electron chi connectivity index (χ2n) is 7.15. The number of benzene rings is 2. The molecule has 2 aromatic carbocycles. The van der Waals surface area contributed by atoms with Gasteiger partial charge in [-0.05, 0) is 56.0 Å². The molecule has 2 aromatic rings. The van der Waals surface area contributed by atoms with Crippen molar-refractivity contribution in [3.63, 3.8) is 0 Å². The first-order valence-electron chi connectivity index (χ1n) is 9.02. The van der Waals surface area contributed by atoms with Crippen molar-refractivity contribution >= 4 is 35.1 Å². The minimum absolute atomic E-state index is 0.340. The van der Waals surface area contributed by atoms with Gasteiger partial charge in [-0.2, -0.15) is 0 Å². The Hall–Kier alpha value is -2.86. The zero-order valence-corrected chi connectivity index (χ0v) is 16.5. The van der Waals surface area contributed by atoms with E-state index in [1.165, 1.54) is 0 Å². The number of hydrogen-bond donors (Lipinski definition) is 2. The average Bonchev–Trinajstić information content (AvgIpc) is 2.87. The Labute approximate surface area is 168 Å². The maximum absolute atomic E-state index is 12.8. The van der Waals surface area contributed by atoms with E-state index in [9.17, 15) is 14.4 Å². The third kappa shape index (κ3) is 4.34. The van der Waals surface area contributed by atoms with Crippen LogP contribution in [0.2, 0.25) is 5.02 Å². The Morgan fingerprint density at radius 1 is 1.18 bits per heavy atom. The van der Waals surface area contributed by atoms with Crippen LogP contribution in [0.15, 0.2) is 48.5 Å². The van der Waals surface area contributed by atoms with Crippen LogP contribution in [-0.2, 0) is 16.0 Å². The van der Waals surface area contributed by atoms with Crippen LogP contribution in [0.3, 0.4) is 0 Å². The molecule has 0 aliphatic carbocycles. The number of halogens is 1. The Kier molecular flexibility index (Phi) is 5.70. The van der Waals surface area contributed by atoms with Gasteiger partial charge >= 0.3 is 6.03 Å². The molecule has 1 aliphatic rings. The first-order chi connectivity index (χ1) is 13.3. The maximum atomic E-state index is 12.8. The molecule has 1 unspecified atom stereocenters. The fraction of sp³-hybridized carbons (Fsp3) is 0.286. The van der Waals surface area contributed by atoms with Crippen molar-refractivity contribution in [2.75, 3.05) is 11.9 Å². The van der Waals surface area contributed by atoms with Gasteiger partial charge in [-0.25, -0.2) is 4.79 Å². The number of urea groups is 1. The highest BCUT2D eigenvalue weighted by atomic mass is 35.5. The summed E-state index contributed by atoms with van der Waals surface area (Å²) in [5, 5.41) is 6.02. The van der Waals surface area contributed by atoms with Gasteiger partial charge in [-0.15, -0.1) is 0 Å². The SMILES string of the molecule is Cc1cc(Cl)ccc1NC(=O)CN1C(=O)NC(C)(CCc2ccccc2)C1=O. The van der Waals surface area contributed by atoms with Crippen LogP contribution >= 0.6 is 11.6 Å². The van der Waals surface area contributed by atoms with E-state index in [-0.39, 0.29) is 6.54 Å². The monoisotopic (exact) mass is 399 g/mol. The summed E-state index contributed by atoms with van der Waals surface area (Å²) in [6, 6.07) is 14.3. The van der Waals surface area contributed by atoms with Crippen LogP contribution in [0.1, 0.15) is 24.5 Å². The summed E-state index contributed by atoms with van der Waals surface area (Å²) >= 11 is 5.92. The van der Waals surface area contributed by atoms with Crippen molar-refractivity contribution in [3.05, 3.63) is 64.7 Å². The molecule has 1 saturated heterocycles. The molecule has 1 aliphatic heterocycles. The molecule has 1 atom stereocenters. The number of nitrogens with zero attached hydrogens (tertiary/aromatic N) is 1. The zero-order chi connectivity index (χ0) is 20.3. The maximum Gasteiger partial charge on any atom is 0.325 e. The molecule has 4 amide bonds. The largest absolute Gasteiger partial charge is 0.325 e. The minimum atomic E-state index is -1.02.